The van der Waals surface area contributed by atoms with Crippen molar-refractivity contribution in [3.8, 4) is 0 Å². The standard InChI is InChI=1S/C20H18BrFN4O5/c21-13-1-3-14(4-2-13)24-18(27)7-8-23-20(29)12-9-19(28)25(11-12)15-5-6-16(22)17(10-15)26(30)31/h1-6,10,12H,7-9,11H2,(H,23,29)(H,24,27)/t12-/m0/s1. The fourth-order valence-electron chi connectivity index (χ4n) is 3.14. The van der Waals surface area contributed by atoms with E-state index in [4.69, 9.17) is 0 Å². The van der Waals surface area contributed by atoms with Gasteiger partial charge in [0.2, 0.25) is 23.5 Å². The van der Waals surface area contributed by atoms with Crippen molar-refractivity contribution in [2.45, 2.75) is 12.8 Å². The monoisotopic (exact) mass is 492 g/mol. The molecule has 0 unspecified atom stereocenters. The maximum atomic E-state index is 13.5. The minimum atomic E-state index is -1.00. The summed E-state index contributed by atoms with van der Waals surface area (Å²) in [5.74, 6) is -2.74. The third-order valence-electron chi connectivity index (χ3n) is 4.71. The molecular formula is C20H18BrFN4O5. The van der Waals surface area contributed by atoms with Crippen molar-refractivity contribution >= 4 is 50.7 Å². The van der Waals surface area contributed by atoms with Crippen LogP contribution in [0.15, 0.2) is 46.9 Å². The van der Waals surface area contributed by atoms with Gasteiger partial charge in [0.05, 0.1) is 16.5 Å². The molecule has 31 heavy (non-hydrogen) atoms. The van der Waals surface area contributed by atoms with Crippen LogP contribution < -0.4 is 15.5 Å². The molecule has 3 rings (SSSR count). The molecule has 0 bridgehead atoms. The number of nitro benzene ring substituents is 1. The van der Waals surface area contributed by atoms with Crippen LogP contribution in [0.2, 0.25) is 0 Å². The van der Waals surface area contributed by atoms with Gasteiger partial charge in [0, 0.05) is 42.2 Å². The highest BCUT2D eigenvalue weighted by Crippen LogP contribution is 2.29. The molecular weight excluding hydrogens is 475 g/mol. The molecule has 2 aromatic rings. The maximum Gasteiger partial charge on any atom is 0.306 e. The normalized spacial score (nSPS) is 15.6. The van der Waals surface area contributed by atoms with Gasteiger partial charge in [0.1, 0.15) is 0 Å². The fourth-order valence-corrected chi connectivity index (χ4v) is 3.41. The Bertz CT molecular complexity index is 1030. The number of halogens is 2. The molecule has 11 heteroatoms. The summed E-state index contributed by atoms with van der Waals surface area (Å²) >= 11 is 3.30. The molecule has 1 aliphatic rings. The number of hydrogen-bond acceptors (Lipinski definition) is 5. The van der Waals surface area contributed by atoms with E-state index in [1.54, 1.807) is 24.3 Å². The zero-order valence-electron chi connectivity index (χ0n) is 16.1. The quantitative estimate of drug-likeness (QED) is 0.454. The number of nitrogens with zero attached hydrogens (tertiary/aromatic N) is 2. The molecule has 0 aromatic heterocycles. The Balaban J connectivity index is 1.51. The number of carbonyl (C=O) groups is 3. The summed E-state index contributed by atoms with van der Waals surface area (Å²) in [6.45, 7) is 0.104. The van der Waals surface area contributed by atoms with Crippen molar-refractivity contribution in [2.24, 2.45) is 5.92 Å². The number of anilines is 2. The van der Waals surface area contributed by atoms with Gasteiger partial charge in [-0.1, -0.05) is 15.9 Å². The molecule has 1 heterocycles. The predicted molar refractivity (Wildman–Crippen MR) is 114 cm³/mol. The summed E-state index contributed by atoms with van der Waals surface area (Å²) in [5.41, 5.74) is 0.0437. The zero-order chi connectivity index (χ0) is 22.5. The molecule has 3 amide bonds. The lowest BCUT2D eigenvalue weighted by Crippen LogP contribution is -2.34. The predicted octanol–water partition coefficient (Wildman–Crippen LogP) is 2.99. The van der Waals surface area contributed by atoms with Crippen molar-refractivity contribution in [1.29, 1.82) is 0 Å². The SMILES string of the molecule is O=C(CCNC(=O)[C@H]1CC(=O)N(c2ccc(F)c([N+](=O)[O-])c2)C1)Nc1ccc(Br)cc1. The van der Waals surface area contributed by atoms with Crippen molar-refractivity contribution < 1.29 is 23.7 Å². The van der Waals surface area contributed by atoms with Crippen molar-refractivity contribution in [2.75, 3.05) is 23.3 Å². The van der Waals surface area contributed by atoms with Crippen LogP contribution in [0.25, 0.3) is 0 Å². The Morgan fingerprint density at radius 3 is 2.61 bits per heavy atom. The topological polar surface area (TPSA) is 122 Å². The van der Waals surface area contributed by atoms with Crippen LogP contribution in [0.3, 0.4) is 0 Å². The van der Waals surface area contributed by atoms with Crippen molar-refractivity contribution in [3.05, 3.63) is 62.9 Å². The second kappa shape index (κ2) is 9.65. The summed E-state index contributed by atoms with van der Waals surface area (Å²) < 4.78 is 14.4. The number of nitro groups is 1. The van der Waals surface area contributed by atoms with Crippen LogP contribution in [0, 0.1) is 21.8 Å². The van der Waals surface area contributed by atoms with Gasteiger partial charge in [0.25, 0.3) is 0 Å². The number of hydrogen-bond donors (Lipinski definition) is 2. The Labute approximate surface area is 184 Å². The van der Waals surface area contributed by atoms with Gasteiger partial charge in [-0.25, -0.2) is 0 Å². The van der Waals surface area contributed by atoms with Gasteiger partial charge < -0.3 is 15.5 Å². The summed E-state index contributed by atoms with van der Waals surface area (Å²) in [7, 11) is 0. The maximum absolute atomic E-state index is 13.5. The molecule has 0 aliphatic carbocycles. The first-order chi connectivity index (χ1) is 14.7. The Morgan fingerprint density at radius 2 is 1.94 bits per heavy atom. The zero-order valence-corrected chi connectivity index (χ0v) is 17.7. The van der Waals surface area contributed by atoms with Crippen LogP contribution in [0.5, 0.6) is 0 Å². The smallest absolute Gasteiger partial charge is 0.306 e. The number of carbonyl (C=O) groups excluding carboxylic acids is 3. The number of benzene rings is 2. The lowest BCUT2D eigenvalue weighted by Gasteiger charge is -2.16. The van der Waals surface area contributed by atoms with Crippen LogP contribution in [0.4, 0.5) is 21.5 Å². The van der Waals surface area contributed by atoms with Gasteiger partial charge in [-0.3, -0.25) is 24.5 Å². The number of rotatable bonds is 7. The summed E-state index contributed by atoms with van der Waals surface area (Å²) in [5, 5.41) is 16.2. The van der Waals surface area contributed by atoms with E-state index >= 15 is 0 Å². The molecule has 1 aliphatic heterocycles. The van der Waals surface area contributed by atoms with Crippen LogP contribution in [-0.2, 0) is 14.4 Å². The first kappa shape index (κ1) is 22.3. The third-order valence-corrected chi connectivity index (χ3v) is 5.24. The number of amides is 3. The van der Waals surface area contributed by atoms with E-state index in [-0.39, 0.29) is 37.5 Å². The highest BCUT2D eigenvalue weighted by Gasteiger charge is 2.35. The van der Waals surface area contributed by atoms with Crippen LogP contribution >= 0.6 is 15.9 Å². The molecule has 0 saturated carbocycles. The van der Waals surface area contributed by atoms with Gasteiger partial charge >= 0.3 is 5.69 Å². The van der Waals surface area contributed by atoms with E-state index in [2.05, 4.69) is 26.6 Å². The average Bonchev–Trinajstić information content (AvgIpc) is 3.11. The second-order valence-electron chi connectivity index (χ2n) is 6.89. The molecule has 162 valence electrons. The van der Waals surface area contributed by atoms with E-state index in [1.165, 1.54) is 11.0 Å². The number of nitrogens with one attached hydrogen (secondary N) is 2. The minimum Gasteiger partial charge on any atom is -0.355 e. The molecule has 0 radical (unpaired) electrons. The third kappa shape index (κ3) is 5.63. The Morgan fingerprint density at radius 1 is 1.23 bits per heavy atom. The highest BCUT2D eigenvalue weighted by atomic mass is 79.9. The van der Waals surface area contributed by atoms with Gasteiger partial charge in [-0.2, -0.15) is 4.39 Å². The first-order valence-corrected chi connectivity index (χ1v) is 10.1. The van der Waals surface area contributed by atoms with Crippen LogP contribution in [-0.4, -0.2) is 35.7 Å². The second-order valence-corrected chi connectivity index (χ2v) is 7.81. The van der Waals surface area contributed by atoms with Gasteiger partial charge in [0.15, 0.2) is 0 Å². The largest absolute Gasteiger partial charge is 0.355 e. The van der Waals surface area contributed by atoms with E-state index < -0.39 is 34.2 Å². The van der Waals surface area contributed by atoms with Crippen molar-refractivity contribution in [1.82, 2.24) is 5.32 Å². The summed E-state index contributed by atoms with van der Waals surface area (Å²) in [4.78, 5) is 47.9. The summed E-state index contributed by atoms with van der Waals surface area (Å²) in [6, 6.07) is 10.2. The molecule has 2 N–H and O–H groups in total. The average molecular weight is 493 g/mol. The van der Waals surface area contributed by atoms with Crippen LogP contribution in [0.1, 0.15) is 12.8 Å². The van der Waals surface area contributed by atoms with E-state index in [0.717, 1.165) is 16.6 Å². The lowest BCUT2D eigenvalue weighted by molar-refractivity contribution is -0.387. The molecule has 1 atom stereocenters. The minimum absolute atomic E-state index is 0.0124. The molecule has 1 fully saturated rings. The molecule has 0 spiro atoms. The van der Waals surface area contributed by atoms with E-state index in [0.29, 0.717) is 5.69 Å². The fraction of sp³-hybridized carbons (Fsp3) is 0.250. The molecule has 1 saturated heterocycles. The molecule has 9 nitrogen and oxygen atoms in total. The Hall–Kier alpha value is -3.34. The van der Waals surface area contributed by atoms with Gasteiger partial charge in [-0.15, -0.1) is 0 Å². The van der Waals surface area contributed by atoms with Crippen molar-refractivity contribution in [3.63, 3.8) is 0 Å². The molecule has 2 aromatic carbocycles. The first-order valence-electron chi connectivity index (χ1n) is 9.32. The Kier molecular flexibility index (Phi) is 6.95. The van der Waals surface area contributed by atoms with Gasteiger partial charge in [-0.05, 0) is 36.4 Å². The van der Waals surface area contributed by atoms with E-state index in [1.807, 2.05) is 0 Å². The highest BCUT2D eigenvalue weighted by molar-refractivity contribution is 9.10. The summed E-state index contributed by atoms with van der Waals surface area (Å²) in [6.07, 6.45) is -0.0293. The lowest BCUT2D eigenvalue weighted by atomic mass is 10.1. The van der Waals surface area contributed by atoms with E-state index in [9.17, 15) is 28.9 Å².